The SMILES string of the molecule is c1ccc(-c2nc3ccccc3nc2C2c3cc4ccccc4cc3-c3c2sc2[nH]c4ccccc4c32)cc1. The molecule has 0 amide bonds. The summed E-state index contributed by atoms with van der Waals surface area (Å²) in [6.45, 7) is 0. The monoisotopic (exact) mass is 515 g/mol. The maximum absolute atomic E-state index is 5.36. The Hall–Kier alpha value is -4.80. The van der Waals surface area contributed by atoms with Crippen molar-refractivity contribution >= 4 is 54.3 Å². The Morgan fingerprint density at radius 3 is 2.21 bits per heavy atom. The van der Waals surface area contributed by atoms with Gasteiger partial charge in [0, 0.05) is 32.3 Å². The zero-order valence-electron chi connectivity index (χ0n) is 20.8. The van der Waals surface area contributed by atoms with E-state index in [9.17, 15) is 0 Å². The molecule has 182 valence electrons. The van der Waals surface area contributed by atoms with Gasteiger partial charge in [-0.25, -0.2) is 9.97 Å². The van der Waals surface area contributed by atoms with E-state index in [1.807, 2.05) is 23.5 Å². The molecule has 3 nitrogen and oxygen atoms in total. The van der Waals surface area contributed by atoms with Crippen LogP contribution in [0.5, 0.6) is 0 Å². The van der Waals surface area contributed by atoms with Gasteiger partial charge < -0.3 is 4.98 Å². The van der Waals surface area contributed by atoms with Gasteiger partial charge >= 0.3 is 0 Å². The summed E-state index contributed by atoms with van der Waals surface area (Å²) in [5, 5.41) is 5.11. The van der Waals surface area contributed by atoms with E-state index in [1.54, 1.807) is 0 Å². The maximum Gasteiger partial charge on any atom is 0.102 e. The van der Waals surface area contributed by atoms with E-state index in [2.05, 4.69) is 108 Å². The van der Waals surface area contributed by atoms with Gasteiger partial charge in [0.05, 0.1) is 28.3 Å². The minimum atomic E-state index is -0.00326. The van der Waals surface area contributed by atoms with E-state index in [4.69, 9.17) is 9.97 Å². The molecule has 0 saturated heterocycles. The van der Waals surface area contributed by atoms with E-state index >= 15 is 0 Å². The van der Waals surface area contributed by atoms with Crippen LogP contribution in [0.4, 0.5) is 0 Å². The molecule has 9 rings (SSSR count). The first-order valence-corrected chi connectivity index (χ1v) is 14.0. The molecular formula is C35H21N3S. The Morgan fingerprint density at radius 1 is 0.667 bits per heavy atom. The van der Waals surface area contributed by atoms with Gasteiger partial charge in [-0.1, -0.05) is 84.9 Å². The highest BCUT2D eigenvalue weighted by atomic mass is 32.1. The minimum absolute atomic E-state index is 0.00326. The van der Waals surface area contributed by atoms with E-state index in [0.717, 1.165) is 28.0 Å². The molecule has 0 fully saturated rings. The summed E-state index contributed by atoms with van der Waals surface area (Å²) in [6, 6.07) is 40.8. The van der Waals surface area contributed by atoms with Crippen LogP contribution in [-0.2, 0) is 0 Å². The molecule has 4 heteroatoms. The molecule has 0 saturated carbocycles. The molecule has 1 unspecified atom stereocenters. The fourth-order valence-electron chi connectivity index (χ4n) is 6.35. The molecule has 1 N–H and O–H groups in total. The number of hydrogen-bond acceptors (Lipinski definition) is 3. The third-order valence-electron chi connectivity index (χ3n) is 8.06. The second-order valence-corrected chi connectivity index (χ2v) is 11.3. The summed E-state index contributed by atoms with van der Waals surface area (Å²) in [5.41, 5.74) is 10.0. The smallest absolute Gasteiger partial charge is 0.102 e. The Labute approximate surface area is 228 Å². The van der Waals surface area contributed by atoms with Crippen LogP contribution in [0.25, 0.3) is 65.3 Å². The minimum Gasteiger partial charge on any atom is -0.346 e. The standard InChI is InChI=1S/C35H21N3S/c1-2-10-20(11-3-1)32-33(37-28-17-9-8-16-27(28)36-32)31-25-19-22-13-5-4-12-21(22)18-24(25)29-30-23-14-6-7-15-26(23)38-35(30)39-34(29)31/h1-19,31,38H. The van der Waals surface area contributed by atoms with E-state index in [-0.39, 0.29) is 5.92 Å². The van der Waals surface area contributed by atoms with E-state index in [1.165, 1.54) is 53.5 Å². The zero-order chi connectivity index (χ0) is 25.5. The largest absolute Gasteiger partial charge is 0.346 e. The van der Waals surface area contributed by atoms with Crippen molar-refractivity contribution in [1.29, 1.82) is 0 Å². The van der Waals surface area contributed by atoms with E-state index in [0.29, 0.717) is 0 Å². The van der Waals surface area contributed by atoms with Gasteiger partial charge in [-0.15, -0.1) is 11.3 Å². The number of benzene rings is 5. The van der Waals surface area contributed by atoms with Crippen molar-refractivity contribution in [2.75, 3.05) is 0 Å². The summed E-state index contributed by atoms with van der Waals surface area (Å²) in [7, 11) is 0. The van der Waals surface area contributed by atoms with Gasteiger partial charge in [-0.3, -0.25) is 0 Å². The highest BCUT2D eigenvalue weighted by Crippen LogP contribution is 2.57. The molecule has 0 aliphatic heterocycles. The average Bonchev–Trinajstić information content (AvgIpc) is 3.62. The van der Waals surface area contributed by atoms with Gasteiger partial charge in [0.15, 0.2) is 0 Å². The van der Waals surface area contributed by atoms with Crippen LogP contribution in [0.2, 0.25) is 0 Å². The summed E-state index contributed by atoms with van der Waals surface area (Å²) in [4.78, 5) is 16.9. The summed E-state index contributed by atoms with van der Waals surface area (Å²) in [5.74, 6) is -0.00326. The molecular weight excluding hydrogens is 494 g/mol. The molecule has 8 aromatic rings. The normalized spacial score (nSPS) is 14.4. The Morgan fingerprint density at radius 2 is 1.36 bits per heavy atom. The third-order valence-corrected chi connectivity index (χ3v) is 9.23. The number of thiophene rings is 1. The number of nitrogens with one attached hydrogen (secondary N) is 1. The Balaban J connectivity index is 1.43. The van der Waals surface area contributed by atoms with Crippen molar-refractivity contribution in [3.63, 3.8) is 0 Å². The lowest BCUT2D eigenvalue weighted by molar-refractivity contribution is 0.968. The molecule has 1 aliphatic rings. The van der Waals surface area contributed by atoms with Crippen LogP contribution in [0.15, 0.2) is 115 Å². The first-order chi connectivity index (χ1) is 19.3. The van der Waals surface area contributed by atoms with Crippen LogP contribution in [-0.4, -0.2) is 15.0 Å². The molecule has 1 aliphatic carbocycles. The average molecular weight is 516 g/mol. The lowest BCUT2D eigenvalue weighted by Crippen LogP contribution is -2.06. The van der Waals surface area contributed by atoms with Gasteiger partial charge in [-0.2, -0.15) is 0 Å². The van der Waals surface area contributed by atoms with E-state index < -0.39 is 0 Å². The summed E-state index contributed by atoms with van der Waals surface area (Å²) < 4.78 is 0. The second kappa shape index (κ2) is 7.85. The maximum atomic E-state index is 5.36. The van der Waals surface area contributed by atoms with Crippen molar-refractivity contribution < 1.29 is 0 Å². The third kappa shape index (κ3) is 2.98. The number of fused-ring (bicyclic) bond motifs is 9. The highest BCUT2D eigenvalue weighted by molar-refractivity contribution is 7.19. The topological polar surface area (TPSA) is 41.6 Å². The molecule has 0 bridgehead atoms. The quantitative estimate of drug-likeness (QED) is 0.249. The first kappa shape index (κ1) is 21.2. The molecule has 39 heavy (non-hydrogen) atoms. The van der Waals surface area contributed by atoms with Gasteiger partial charge in [0.25, 0.3) is 0 Å². The van der Waals surface area contributed by atoms with Crippen molar-refractivity contribution in [2.24, 2.45) is 0 Å². The molecule has 0 radical (unpaired) electrons. The molecule has 1 atom stereocenters. The lowest BCUT2D eigenvalue weighted by Gasteiger charge is -2.18. The van der Waals surface area contributed by atoms with Gasteiger partial charge in [0.1, 0.15) is 4.83 Å². The van der Waals surface area contributed by atoms with Crippen molar-refractivity contribution in [1.82, 2.24) is 15.0 Å². The zero-order valence-corrected chi connectivity index (χ0v) is 21.7. The van der Waals surface area contributed by atoms with Crippen molar-refractivity contribution in [3.8, 4) is 22.4 Å². The lowest BCUT2D eigenvalue weighted by atomic mass is 9.91. The number of para-hydroxylation sites is 3. The number of nitrogens with zero attached hydrogens (tertiary/aromatic N) is 2. The Kier molecular flexibility index (Phi) is 4.26. The predicted molar refractivity (Wildman–Crippen MR) is 163 cm³/mol. The van der Waals surface area contributed by atoms with Crippen LogP contribution >= 0.6 is 11.3 Å². The molecule has 5 aromatic carbocycles. The number of hydrogen-bond donors (Lipinski definition) is 1. The first-order valence-electron chi connectivity index (χ1n) is 13.2. The summed E-state index contributed by atoms with van der Waals surface area (Å²) >= 11 is 1.86. The van der Waals surface area contributed by atoms with Crippen LogP contribution in [0, 0.1) is 0 Å². The van der Waals surface area contributed by atoms with Crippen molar-refractivity contribution in [2.45, 2.75) is 5.92 Å². The number of aromatic amines is 1. The molecule has 0 spiro atoms. The number of aromatic nitrogens is 3. The van der Waals surface area contributed by atoms with Gasteiger partial charge in [-0.05, 0) is 52.2 Å². The van der Waals surface area contributed by atoms with Crippen molar-refractivity contribution in [3.05, 3.63) is 131 Å². The number of H-pyrrole nitrogens is 1. The summed E-state index contributed by atoms with van der Waals surface area (Å²) in [6.07, 6.45) is 0. The van der Waals surface area contributed by atoms with Crippen LogP contribution < -0.4 is 0 Å². The molecule has 3 aromatic heterocycles. The molecule has 3 heterocycles. The van der Waals surface area contributed by atoms with Crippen LogP contribution in [0.1, 0.15) is 22.1 Å². The van der Waals surface area contributed by atoms with Gasteiger partial charge in [0.2, 0.25) is 0 Å². The highest BCUT2D eigenvalue weighted by Gasteiger charge is 2.38. The number of rotatable bonds is 2. The fraction of sp³-hybridized carbons (Fsp3) is 0.0286. The fourth-order valence-corrected chi connectivity index (χ4v) is 7.71. The van der Waals surface area contributed by atoms with Crippen LogP contribution in [0.3, 0.4) is 0 Å². The Bertz CT molecular complexity index is 2240. The predicted octanol–water partition coefficient (Wildman–Crippen LogP) is 9.31. The second-order valence-electron chi connectivity index (χ2n) is 10.2.